The van der Waals surface area contributed by atoms with E-state index >= 15 is 0 Å². The summed E-state index contributed by atoms with van der Waals surface area (Å²) in [6, 6.07) is 7.40. The maximum Gasteiger partial charge on any atom is 0.410 e. The van der Waals surface area contributed by atoms with Crippen molar-refractivity contribution >= 4 is 46.9 Å². The number of benzene rings is 2. The van der Waals surface area contributed by atoms with E-state index in [9.17, 15) is 38.4 Å². The normalized spacial score (nSPS) is 23.0. The molecule has 0 N–H and O–H groups in total. The van der Waals surface area contributed by atoms with Crippen molar-refractivity contribution in [2.75, 3.05) is 19.6 Å². The summed E-state index contributed by atoms with van der Waals surface area (Å²) in [5.41, 5.74) is -1.36. The number of likely N-dealkylation sites (tertiary alicyclic amines) is 2. The molecule has 13 heteroatoms. The van der Waals surface area contributed by atoms with Crippen molar-refractivity contribution in [3.63, 3.8) is 0 Å². The van der Waals surface area contributed by atoms with E-state index in [4.69, 9.17) is 14.2 Å². The second kappa shape index (κ2) is 12.8. The number of nitrogens with zero attached hydrogens (tertiary/aromatic N) is 2. The Kier molecular flexibility index (Phi) is 8.97. The van der Waals surface area contributed by atoms with Gasteiger partial charge in [0, 0.05) is 47.8 Å². The zero-order chi connectivity index (χ0) is 37.2. The molecule has 2 aliphatic heterocycles. The van der Waals surface area contributed by atoms with Gasteiger partial charge in [-0.25, -0.2) is 9.59 Å². The molecule has 0 aromatic heterocycles. The van der Waals surface area contributed by atoms with Gasteiger partial charge < -0.3 is 19.1 Å². The van der Waals surface area contributed by atoms with E-state index in [1.54, 1.807) is 41.5 Å². The Bertz CT molecular complexity index is 1900. The highest BCUT2D eigenvalue weighted by Gasteiger charge is 2.50. The van der Waals surface area contributed by atoms with Crippen LogP contribution in [0.4, 0.5) is 9.59 Å². The fourth-order valence-corrected chi connectivity index (χ4v) is 7.04. The molecule has 2 aliphatic carbocycles. The lowest BCUT2D eigenvalue weighted by atomic mass is 9.88. The van der Waals surface area contributed by atoms with Crippen LogP contribution >= 0.6 is 0 Å². The van der Waals surface area contributed by atoms with Gasteiger partial charge in [0.1, 0.15) is 34.5 Å². The molecule has 2 fully saturated rings. The predicted molar refractivity (Wildman–Crippen MR) is 179 cm³/mol. The molecule has 268 valence electrons. The molecule has 2 unspecified atom stereocenters. The van der Waals surface area contributed by atoms with Crippen LogP contribution in [0.2, 0.25) is 0 Å². The molecule has 13 nitrogen and oxygen atoms in total. The average molecular weight is 701 g/mol. The number of carbonyl (C=O) groups excluding carboxylic acids is 8. The Labute approximate surface area is 294 Å². The van der Waals surface area contributed by atoms with Gasteiger partial charge in [-0.2, -0.15) is 0 Å². The van der Waals surface area contributed by atoms with Crippen LogP contribution in [0.3, 0.4) is 0 Å². The Morgan fingerprint density at radius 1 is 0.627 bits per heavy atom. The highest BCUT2D eigenvalue weighted by Crippen LogP contribution is 2.37. The molecule has 2 saturated heterocycles. The van der Waals surface area contributed by atoms with Gasteiger partial charge in [0.05, 0.1) is 6.04 Å². The van der Waals surface area contributed by atoms with Crippen molar-refractivity contribution in [3.8, 4) is 11.5 Å². The van der Waals surface area contributed by atoms with E-state index in [2.05, 4.69) is 0 Å². The van der Waals surface area contributed by atoms with E-state index in [0.29, 0.717) is 19.3 Å². The van der Waals surface area contributed by atoms with Gasteiger partial charge in [0.2, 0.25) is 0 Å². The quantitative estimate of drug-likeness (QED) is 0.360. The second-order valence-electron chi connectivity index (χ2n) is 15.4. The summed E-state index contributed by atoms with van der Waals surface area (Å²) in [5.74, 6) is -7.39. The Hall–Kier alpha value is -5.20. The summed E-state index contributed by atoms with van der Waals surface area (Å²) in [7, 11) is 0. The Balaban J connectivity index is 1.14. The van der Waals surface area contributed by atoms with Crippen LogP contribution in [-0.4, -0.2) is 93.6 Å². The first-order valence-electron chi connectivity index (χ1n) is 17.0. The van der Waals surface area contributed by atoms with Gasteiger partial charge in [-0.3, -0.25) is 33.7 Å². The van der Waals surface area contributed by atoms with Crippen molar-refractivity contribution in [1.82, 2.24) is 9.80 Å². The van der Waals surface area contributed by atoms with Gasteiger partial charge in [0.15, 0.2) is 34.7 Å². The highest BCUT2D eigenvalue weighted by atomic mass is 16.6. The molecule has 0 bridgehead atoms. The fourth-order valence-electron chi connectivity index (χ4n) is 7.04. The summed E-state index contributed by atoms with van der Waals surface area (Å²) in [6.45, 7) is 10.9. The summed E-state index contributed by atoms with van der Waals surface area (Å²) in [6.07, 6.45) is -0.124. The Morgan fingerprint density at radius 2 is 1.12 bits per heavy atom. The highest BCUT2D eigenvalue weighted by molar-refractivity contribution is 6.37. The summed E-state index contributed by atoms with van der Waals surface area (Å²) in [5, 5.41) is 0. The first-order chi connectivity index (χ1) is 23.8. The van der Waals surface area contributed by atoms with Crippen LogP contribution in [0.25, 0.3) is 0 Å². The molecule has 6 rings (SSSR count). The van der Waals surface area contributed by atoms with E-state index < -0.39 is 81.9 Å². The number of carbonyl (C=O) groups is 8. The fraction of sp³-hybridized carbons (Fsp3) is 0.474. The van der Waals surface area contributed by atoms with Gasteiger partial charge in [0.25, 0.3) is 0 Å². The maximum absolute atomic E-state index is 13.6. The monoisotopic (exact) mass is 700 g/mol. The van der Waals surface area contributed by atoms with Gasteiger partial charge in [-0.1, -0.05) is 0 Å². The molecule has 0 spiro atoms. The molecule has 2 amide bonds. The molecule has 2 aromatic carbocycles. The third-order valence-corrected chi connectivity index (χ3v) is 9.35. The first-order valence-corrected chi connectivity index (χ1v) is 17.0. The summed E-state index contributed by atoms with van der Waals surface area (Å²) >= 11 is 0. The zero-order valence-electron chi connectivity index (χ0n) is 29.4. The number of hydrogen-bond donors (Lipinski definition) is 0. The molecule has 4 atom stereocenters. The van der Waals surface area contributed by atoms with Gasteiger partial charge in [-0.05, 0) is 97.2 Å². The minimum Gasteiger partial charge on any atom is -0.457 e. The summed E-state index contributed by atoms with van der Waals surface area (Å²) < 4.78 is 16.8. The average Bonchev–Trinajstić information content (AvgIpc) is 3.82. The molecule has 4 aliphatic rings. The van der Waals surface area contributed by atoms with Crippen molar-refractivity contribution in [2.45, 2.75) is 78.0 Å². The van der Waals surface area contributed by atoms with E-state index in [1.807, 2.05) is 0 Å². The topological polar surface area (TPSA) is 171 Å². The SMILES string of the molecule is CC(C)(C)OC(=O)N1CC[C@@H](C(=O)C2C(=O)c3ccc(Oc4ccc5c(c4)C(=O)C(C(=O)[C@H]4CCCN4C(=O)OC(C)(C)C)C5=O)cc3C2=O)C1. The van der Waals surface area contributed by atoms with E-state index in [0.717, 1.165) is 0 Å². The smallest absolute Gasteiger partial charge is 0.410 e. The largest absolute Gasteiger partial charge is 0.457 e. The minimum atomic E-state index is -1.60. The number of amides is 2. The third-order valence-electron chi connectivity index (χ3n) is 9.35. The molecule has 0 saturated carbocycles. The number of fused-ring (bicyclic) bond motifs is 2. The number of ketones is 6. The van der Waals surface area contributed by atoms with Crippen LogP contribution in [0, 0.1) is 17.8 Å². The van der Waals surface area contributed by atoms with Gasteiger partial charge in [-0.15, -0.1) is 0 Å². The summed E-state index contributed by atoms with van der Waals surface area (Å²) in [4.78, 5) is 108. The van der Waals surface area contributed by atoms with E-state index in [-0.39, 0.29) is 53.4 Å². The van der Waals surface area contributed by atoms with Crippen molar-refractivity contribution in [1.29, 1.82) is 0 Å². The number of Topliss-reactive ketones (excluding diaryl/α,β-unsaturated/α-hetero) is 6. The minimum absolute atomic E-state index is 0.00673. The molecular formula is C38H40N2O11. The Morgan fingerprint density at radius 3 is 1.65 bits per heavy atom. The number of rotatable bonds is 6. The molecule has 0 radical (unpaired) electrons. The molecular weight excluding hydrogens is 660 g/mol. The van der Waals surface area contributed by atoms with Crippen LogP contribution in [0.5, 0.6) is 11.5 Å². The number of ether oxygens (including phenoxy) is 3. The lowest BCUT2D eigenvalue weighted by Gasteiger charge is -2.28. The van der Waals surface area contributed by atoms with E-state index in [1.165, 1.54) is 46.2 Å². The zero-order valence-corrected chi connectivity index (χ0v) is 29.4. The lowest BCUT2D eigenvalue weighted by Crippen LogP contribution is -2.47. The molecule has 51 heavy (non-hydrogen) atoms. The van der Waals surface area contributed by atoms with Crippen molar-refractivity contribution < 1.29 is 52.6 Å². The standard InChI is InChI=1S/C38H40N2O11/c1-37(2,3)50-35(47)39-15-13-19(18-39)29(41)27-30(42)22-11-9-20(16-24(22)32(27)44)49-21-10-12-23-25(17-21)33(45)28(31(23)43)34(46)26-8-7-14-40(26)36(48)51-38(4,5)6/h9-12,16-17,19,26-28H,7-8,13-15,18H2,1-6H3/t19-,26-,27?,28?/m1/s1. The van der Waals surface area contributed by atoms with Crippen molar-refractivity contribution in [3.05, 3.63) is 58.7 Å². The number of hydrogen-bond acceptors (Lipinski definition) is 11. The van der Waals surface area contributed by atoms with Crippen molar-refractivity contribution in [2.24, 2.45) is 17.8 Å². The third kappa shape index (κ3) is 6.81. The molecule has 2 heterocycles. The van der Waals surface area contributed by atoms with Crippen LogP contribution in [-0.2, 0) is 19.1 Å². The van der Waals surface area contributed by atoms with Gasteiger partial charge >= 0.3 is 12.2 Å². The van der Waals surface area contributed by atoms with Crippen LogP contribution in [0.15, 0.2) is 36.4 Å². The second-order valence-corrected chi connectivity index (χ2v) is 15.4. The predicted octanol–water partition coefficient (Wildman–Crippen LogP) is 5.26. The van der Waals surface area contributed by atoms with Crippen LogP contribution in [0.1, 0.15) is 102 Å². The maximum atomic E-state index is 13.6. The first kappa shape index (κ1) is 35.6. The lowest BCUT2D eigenvalue weighted by molar-refractivity contribution is -0.125. The van der Waals surface area contributed by atoms with Crippen LogP contribution < -0.4 is 4.74 Å². The molecule has 2 aromatic rings.